The summed E-state index contributed by atoms with van der Waals surface area (Å²) in [6.45, 7) is 2.27. The van der Waals surface area contributed by atoms with Gasteiger partial charge in [0.1, 0.15) is 4.90 Å². The highest BCUT2D eigenvalue weighted by Gasteiger charge is 2.27. The Morgan fingerprint density at radius 2 is 1.77 bits per heavy atom. The Kier molecular flexibility index (Phi) is 7.43. The van der Waals surface area contributed by atoms with Gasteiger partial charge in [-0.25, -0.2) is 18.2 Å². The highest BCUT2D eigenvalue weighted by Crippen LogP contribution is 2.20. The largest absolute Gasteiger partial charge is 0.325 e. The monoisotopic (exact) mass is 449 g/mol. The van der Waals surface area contributed by atoms with Crippen LogP contribution in [0.2, 0.25) is 0 Å². The number of para-hydroxylation sites is 1. The minimum absolute atomic E-state index is 0.0280. The van der Waals surface area contributed by atoms with E-state index in [4.69, 9.17) is 0 Å². The lowest BCUT2D eigenvalue weighted by Gasteiger charge is -2.31. The molecule has 0 bridgehead atoms. The second kappa shape index (κ2) is 10.0. The Bertz CT molecular complexity index is 976. The maximum absolute atomic E-state index is 12.7. The molecule has 0 radical (unpaired) electrons. The third kappa shape index (κ3) is 6.02. The first-order valence-corrected chi connectivity index (χ1v) is 11.7. The van der Waals surface area contributed by atoms with Gasteiger partial charge in [0.15, 0.2) is 0 Å². The highest BCUT2D eigenvalue weighted by atomic mass is 32.2. The molecule has 11 heteroatoms. The fourth-order valence-electron chi connectivity index (χ4n) is 2.77. The Balaban J connectivity index is 1.49. The van der Waals surface area contributed by atoms with Gasteiger partial charge in [-0.3, -0.25) is 10.1 Å². The first-order valence-electron chi connectivity index (χ1n) is 9.28. The van der Waals surface area contributed by atoms with Gasteiger partial charge in [-0.05, 0) is 31.3 Å². The van der Waals surface area contributed by atoms with E-state index in [9.17, 15) is 18.0 Å². The van der Waals surface area contributed by atoms with Crippen LogP contribution in [-0.4, -0.2) is 73.5 Å². The zero-order chi connectivity index (χ0) is 21.6. The third-order valence-electron chi connectivity index (χ3n) is 4.44. The second-order valence-electron chi connectivity index (χ2n) is 6.70. The summed E-state index contributed by atoms with van der Waals surface area (Å²) in [7, 11) is -1.62. The molecule has 3 rings (SSSR count). The SMILES string of the molecule is CN1CCN(S(=O)(=O)c2ccc(SCC(=O)NC(=O)Nc3ccccc3)nc2)CC1. The van der Waals surface area contributed by atoms with E-state index in [0.29, 0.717) is 36.9 Å². The van der Waals surface area contributed by atoms with Gasteiger partial charge >= 0.3 is 6.03 Å². The molecule has 1 aliphatic heterocycles. The summed E-state index contributed by atoms with van der Waals surface area (Å²) in [4.78, 5) is 30.1. The van der Waals surface area contributed by atoms with E-state index in [1.807, 2.05) is 13.1 Å². The number of rotatable bonds is 6. The molecule has 2 N–H and O–H groups in total. The number of nitrogens with one attached hydrogen (secondary N) is 2. The number of likely N-dealkylation sites (N-methyl/N-ethyl adjacent to an activating group) is 1. The molecular weight excluding hydrogens is 426 g/mol. The second-order valence-corrected chi connectivity index (χ2v) is 9.63. The molecule has 0 spiro atoms. The molecule has 3 amide bonds. The number of nitrogens with zero attached hydrogens (tertiary/aromatic N) is 3. The van der Waals surface area contributed by atoms with E-state index in [1.54, 1.807) is 30.3 Å². The number of carbonyl (C=O) groups excluding carboxylic acids is 2. The van der Waals surface area contributed by atoms with Crippen LogP contribution in [0.15, 0.2) is 58.6 Å². The molecule has 0 unspecified atom stereocenters. The molecule has 1 aliphatic rings. The maximum atomic E-state index is 12.7. The van der Waals surface area contributed by atoms with Crippen molar-refractivity contribution in [3.05, 3.63) is 48.7 Å². The standard InChI is InChI=1S/C19H23N5O4S2/c1-23-9-11-24(12-10-23)30(27,28)16-7-8-18(20-13-16)29-14-17(25)22-19(26)21-15-5-3-2-4-6-15/h2-8,13H,9-12,14H2,1H3,(H2,21,22,25,26). The molecule has 1 fully saturated rings. The van der Waals surface area contributed by atoms with Crippen molar-refractivity contribution in [2.75, 3.05) is 44.3 Å². The van der Waals surface area contributed by atoms with E-state index in [-0.39, 0.29) is 10.6 Å². The fraction of sp³-hybridized carbons (Fsp3) is 0.316. The minimum atomic E-state index is -3.58. The van der Waals surface area contributed by atoms with E-state index in [0.717, 1.165) is 11.8 Å². The topological polar surface area (TPSA) is 112 Å². The van der Waals surface area contributed by atoms with Crippen molar-refractivity contribution in [3.8, 4) is 0 Å². The number of carbonyl (C=O) groups is 2. The minimum Gasteiger partial charge on any atom is -0.308 e. The van der Waals surface area contributed by atoms with Crippen LogP contribution in [0.3, 0.4) is 0 Å². The third-order valence-corrected chi connectivity index (χ3v) is 7.27. The number of aromatic nitrogens is 1. The average molecular weight is 450 g/mol. The van der Waals surface area contributed by atoms with Crippen molar-refractivity contribution in [2.45, 2.75) is 9.92 Å². The van der Waals surface area contributed by atoms with E-state index in [2.05, 4.69) is 20.5 Å². The van der Waals surface area contributed by atoms with Gasteiger partial charge in [0.25, 0.3) is 0 Å². The number of benzene rings is 1. The number of sulfonamides is 1. The van der Waals surface area contributed by atoms with Crippen molar-refractivity contribution in [1.82, 2.24) is 19.5 Å². The summed E-state index contributed by atoms with van der Waals surface area (Å²) in [5.74, 6) is -0.510. The van der Waals surface area contributed by atoms with Crippen LogP contribution >= 0.6 is 11.8 Å². The summed E-state index contributed by atoms with van der Waals surface area (Å²) in [5.41, 5.74) is 0.578. The lowest BCUT2D eigenvalue weighted by molar-refractivity contribution is -0.117. The number of piperazine rings is 1. The van der Waals surface area contributed by atoms with Crippen LogP contribution in [-0.2, 0) is 14.8 Å². The molecule has 1 aromatic carbocycles. The van der Waals surface area contributed by atoms with E-state index >= 15 is 0 Å². The molecule has 30 heavy (non-hydrogen) atoms. The van der Waals surface area contributed by atoms with Crippen molar-refractivity contribution >= 4 is 39.4 Å². The number of amides is 3. The van der Waals surface area contributed by atoms with Gasteiger partial charge in [-0.1, -0.05) is 30.0 Å². The van der Waals surface area contributed by atoms with Crippen LogP contribution < -0.4 is 10.6 Å². The Labute approximate surface area is 179 Å². The van der Waals surface area contributed by atoms with Gasteiger partial charge in [0.2, 0.25) is 15.9 Å². The van der Waals surface area contributed by atoms with E-state index < -0.39 is 22.0 Å². The van der Waals surface area contributed by atoms with Crippen LogP contribution in [0.25, 0.3) is 0 Å². The summed E-state index contributed by atoms with van der Waals surface area (Å²) >= 11 is 1.11. The summed E-state index contributed by atoms with van der Waals surface area (Å²) in [5, 5.41) is 5.29. The van der Waals surface area contributed by atoms with Crippen LogP contribution in [0, 0.1) is 0 Å². The predicted octanol–water partition coefficient (Wildman–Crippen LogP) is 1.46. The van der Waals surface area contributed by atoms with Crippen LogP contribution in [0.1, 0.15) is 0 Å². The number of thioether (sulfide) groups is 1. The van der Waals surface area contributed by atoms with Gasteiger partial charge in [-0.2, -0.15) is 4.31 Å². The average Bonchev–Trinajstić information content (AvgIpc) is 2.73. The highest BCUT2D eigenvalue weighted by molar-refractivity contribution is 7.99. The van der Waals surface area contributed by atoms with Crippen LogP contribution in [0.4, 0.5) is 10.5 Å². The lowest BCUT2D eigenvalue weighted by atomic mass is 10.3. The Morgan fingerprint density at radius 3 is 2.40 bits per heavy atom. The number of imide groups is 1. The molecule has 2 aromatic rings. The van der Waals surface area contributed by atoms with Crippen molar-refractivity contribution in [2.24, 2.45) is 0 Å². The molecule has 9 nitrogen and oxygen atoms in total. The van der Waals surface area contributed by atoms with Gasteiger partial charge < -0.3 is 10.2 Å². The molecule has 0 aliphatic carbocycles. The first kappa shape index (κ1) is 22.2. The fourth-order valence-corrected chi connectivity index (χ4v) is 4.78. The molecule has 0 atom stereocenters. The number of anilines is 1. The zero-order valence-corrected chi connectivity index (χ0v) is 18.1. The van der Waals surface area contributed by atoms with Crippen molar-refractivity contribution < 1.29 is 18.0 Å². The number of hydrogen-bond donors (Lipinski definition) is 2. The molecule has 1 saturated heterocycles. The van der Waals surface area contributed by atoms with Crippen molar-refractivity contribution in [3.63, 3.8) is 0 Å². The van der Waals surface area contributed by atoms with E-state index in [1.165, 1.54) is 16.6 Å². The number of hydrogen-bond acceptors (Lipinski definition) is 7. The first-order chi connectivity index (χ1) is 14.3. The predicted molar refractivity (Wildman–Crippen MR) is 115 cm³/mol. The van der Waals surface area contributed by atoms with Gasteiger partial charge in [0, 0.05) is 38.1 Å². The Morgan fingerprint density at radius 1 is 1.07 bits per heavy atom. The normalized spacial score (nSPS) is 15.5. The van der Waals surface area contributed by atoms with Gasteiger partial charge in [0.05, 0.1) is 10.8 Å². The van der Waals surface area contributed by atoms with Gasteiger partial charge in [-0.15, -0.1) is 0 Å². The molecule has 160 valence electrons. The number of urea groups is 1. The molecule has 2 heterocycles. The number of pyridine rings is 1. The summed E-state index contributed by atoms with van der Waals surface area (Å²) in [6.07, 6.45) is 1.30. The van der Waals surface area contributed by atoms with Crippen molar-refractivity contribution in [1.29, 1.82) is 0 Å². The summed E-state index contributed by atoms with van der Waals surface area (Å²) in [6, 6.07) is 11.2. The zero-order valence-electron chi connectivity index (χ0n) is 16.4. The quantitative estimate of drug-likeness (QED) is 0.642. The molecule has 1 aromatic heterocycles. The lowest BCUT2D eigenvalue weighted by Crippen LogP contribution is -2.47. The molecule has 0 saturated carbocycles. The molecular formula is C19H23N5O4S2. The summed E-state index contributed by atoms with van der Waals surface area (Å²) < 4.78 is 26.8. The Hall–Kier alpha value is -2.47. The van der Waals surface area contributed by atoms with Crippen LogP contribution in [0.5, 0.6) is 0 Å². The maximum Gasteiger partial charge on any atom is 0.325 e. The smallest absolute Gasteiger partial charge is 0.308 e.